The molecule has 2 atom stereocenters. The van der Waals surface area contributed by atoms with Gasteiger partial charge in [0, 0.05) is 27.4 Å². The molecule has 40 heavy (non-hydrogen) atoms. The molecule has 0 bridgehead atoms. The summed E-state index contributed by atoms with van der Waals surface area (Å²) in [5.41, 5.74) is 10.5. The van der Waals surface area contributed by atoms with Crippen LogP contribution in [-0.4, -0.2) is 38.2 Å². The molecular formula is C32H42N6O2. The Kier molecular flexibility index (Phi) is 8.40. The van der Waals surface area contributed by atoms with Crippen molar-refractivity contribution in [3.8, 4) is 16.8 Å². The van der Waals surface area contributed by atoms with Gasteiger partial charge in [-0.05, 0) is 91.6 Å². The maximum Gasteiger partial charge on any atom is 0.224 e. The number of aromatic nitrogens is 3. The maximum absolute atomic E-state index is 12.8. The summed E-state index contributed by atoms with van der Waals surface area (Å²) >= 11 is 0. The number of hydrogen-bond donors (Lipinski definition) is 4. The summed E-state index contributed by atoms with van der Waals surface area (Å²) in [6, 6.07) is 23.1. The van der Waals surface area contributed by atoms with Gasteiger partial charge in [0.05, 0.1) is 18.1 Å². The Hall–Kier alpha value is -3.85. The van der Waals surface area contributed by atoms with E-state index in [0.717, 1.165) is 31.6 Å². The summed E-state index contributed by atoms with van der Waals surface area (Å²) in [7, 11) is 0. The molecule has 2 aliphatic rings. The first-order valence-electron chi connectivity index (χ1n) is 13.9. The second-order valence-corrected chi connectivity index (χ2v) is 11.5. The first-order valence-corrected chi connectivity index (χ1v) is 13.9. The molecule has 8 nitrogen and oxygen atoms in total. The number of nitrogens with zero attached hydrogens (tertiary/aromatic N) is 3. The van der Waals surface area contributed by atoms with E-state index in [1.807, 2.05) is 51.2 Å². The van der Waals surface area contributed by atoms with Crippen molar-refractivity contribution in [1.29, 1.82) is 0 Å². The van der Waals surface area contributed by atoms with E-state index in [2.05, 4.69) is 68.9 Å². The second-order valence-electron chi connectivity index (χ2n) is 11.5. The first kappa shape index (κ1) is 27.7. The van der Waals surface area contributed by atoms with Crippen LogP contribution in [0.25, 0.3) is 16.8 Å². The van der Waals surface area contributed by atoms with Gasteiger partial charge in [0.25, 0.3) is 0 Å². The van der Waals surface area contributed by atoms with Gasteiger partial charge in [-0.1, -0.05) is 59.8 Å². The Labute approximate surface area is 238 Å². The number of rotatable bonds is 6. The first-order chi connectivity index (χ1) is 19.3. The topological polar surface area (TPSA) is 104 Å². The molecule has 0 spiro atoms. The Morgan fingerprint density at radius 2 is 1.90 bits per heavy atom. The third-order valence-electron chi connectivity index (χ3n) is 7.37. The van der Waals surface area contributed by atoms with Crippen LogP contribution in [0.2, 0.25) is 0 Å². The summed E-state index contributed by atoms with van der Waals surface area (Å²) in [4.78, 5) is 12.8. The predicted octanol–water partition coefficient (Wildman–Crippen LogP) is 5.26. The predicted molar refractivity (Wildman–Crippen MR) is 160 cm³/mol. The summed E-state index contributed by atoms with van der Waals surface area (Å²) < 4.78 is 1.78. The van der Waals surface area contributed by atoms with E-state index in [1.54, 1.807) is 10.9 Å². The lowest BCUT2D eigenvalue weighted by Gasteiger charge is -2.24. The smallest absolute Gasteiger partial charge is 0.224 e. The van der Waals surface area contributed by atoms with Crippen LogP contribution >= 0.6 is 0 Å². The van der Waals surface area contributed by atoms with E-state index in [9.17, 15) is 4.79 Å². The molecule has 1 aliphatic heterocycles. The van der Waals surface area contributed by atoms with Gasteiger partial charge in [-0.2, -0.15) is 0 Å². The lowest BCUT2D eigenvalue weighted by atomic mass is 9.88. The van der Waals surface area contributed by atoms with Crippen LogP contribution in [0.3, 0.4) is 0 Å². The van der Waals surface area contributed by atoms with Crippen LogP contribution in [-0.2, 0) is 24.3 Å². The Morgan fingerprint density at radius 3 is 2.62 bits per heavy atom. The van der Waals surface area contributed by atoms with Crippen molar-refractivity contribution in [1.82, 2.24) is 31.1 Å². The van der Waals surface area contributed by atoms with Gasteiger partial charge in [-0.3, -0.25) is 4.79 Å². The molecule has 1 aromatic heterocycles. The summed E-state index contributed by atoms with van der Waals surface area (Å²) in [5, 5.41) is 22.9. The molecule has 1 unspecified atom stereocenters. The minimum absolute atomic E-state index is 0. The van der Waals surface area contributed by atoms with Gasteiger partial charge in [0.2, 0.25) is 5.91 Å². The number of nitrogens with one attached hydrogen (secondary N) is 3. The largest absolute Gasteiger partial charge is 0.352 e. The zero-order chi connectivity index (χ0) is 28.1. The third-order valence-corrected chi connectivity index (χ3v) is 7.37. The van der Waals surface area contributed by atoms with Crippen LogP contribution in [0.15, 0.2) is 79.1 Å². The fraction of sp³-hybridized carbons (Fsp3) is 0.344. The van der Waals surface area contributed by atoms with Crippen LogP contribution in [0, 0.1) is 5.92 Å². The number of benzene rings is 3. The fourth-order valence-electron chi connectivity index (χ4n) is 5.14. The quantitative estimate of drug-likeness (QED) is 0.248. The highest BCUT2D eigenvalue weighted by Gasteiger charge is 2.43. The molecule has 8 heteroatoms. The fourth-order valence-corrected chi connectivity index (χ4v) is 5.14. The van der Waals surface area contributed by atoms with Gasteiger partial charge in [-0.15, -0.1) is 5.10 Å². The van der Waals surface area contributed by atoms with Crippen molar-refractivity contribution in [2.24, 2.45) is 5.92 Å². The van der Waals surface area contributed by atoms with Gasteiger partial charge in [0.15, 0.2) is 0 Å². The molecule has 4 N–H and O–H groups in total. The van der Waals surface area contributed by atoms with Crippen molar-refractivity contribution in [2.75, 3.05) is 6.54 Å². The Bertz CT molecular complexity index is 1440. The summed E-state index contributed by atoms with van der Waals surface area (Å²) in [6.07, 6.45) is 5.45. The van der Waals surface area contributed by atoms with Crippen molar-refractivity contribution in [2.45, 2.75) is 58.2 Å². The molecular weight excluding hydrogens is 500 g/mol. The lowest BCUT2D eigenvalue weighted by Crippen LogP contribution is -2.32. The van der Waals surface area contributed by atoms with Crippen molar-refractivity contribution in [3.05, 3.63) is 101 Å². The zero-order valence-corrected chi connectivity index (χ0v) is 23.4. The van der Waals surface area contributed by atoms with Crippen molar-refractivity contribution in [3.63, 3.8) is 0 Å². The molecule has 2 heterocycles. The van der Waals surface area contributed by atoms with Crippen LogP contribution in [0.4, 0.5) is 0 Å². The Balaban J connectivity index is 0.000000552. The minimum Gasteiger partial charge on any atom is -0.352 e. The monoisotopic (exact) mass is 542 g/mol. The van der Waals surface area contributed by atoms with Gasteiger partial charge in [0.1, 0.15) is 0 Å². The molecule has 0 saturated heterocycles. The number of amides is 1. The molecule has 4 aromatic rings. The zero-order valence-electron chi connectivity index (χ0n) is 23.4. The number of carbonyl (C=O) groups is 1. The van der Waals surface area contributed by atoms with Crippen LogP contribution in [0.5, 0.6) is 0 Å². The van der Waals surface area contributed by atoms with Gasteiger partial charge in [-0.25, -0.2) is 10.2 Å². The average molecular weight is 543 g/mol. The van der Waals surface area contributed by atoms with E-state index in [0.29, 0.717) is 12.5 Å². The highest BCUT2D eigenvalue weighted by atomic mass is 16.5. The molecule has 0 radical (unpaired) electrons. The molecule has 3 aromatic carbocycles. The normalized spacial score (nSPS) is 17.8. The summed E-state index contributed by atoms with van der Waals surface area (Å²) in [6.45, 7) is 8.00. The standard InChI is InChI=1S/C28H27N5O.C4H11NO.2H2/c34-28(26-16-25(26)19-5-2-1-3-6-19)30-17-21-9-10-23(24-11-12-29-18-27(21)24)20-7-4-8-22(15-20)33-14-13-31-32-33;1-4(2,3)5-6;;/h1-10,13-15,25-26,29H,11-12,16-18H2,(H,30,34);5-6H,1-3H3;2*1H/t25-,26?;;;/m0.../s1. The van der Waals surface area contributed by atoms with Crippen LogP contribution < -0.4 is 16.1 Å². The highest BCUT2D eigenvalue weighted by Crippen LogP contribution is 2.47. The number of hydrogen-bond acceptors (Lipinski definition) is 6. The van der Waals surface area contributed by atoms with Crippen molar-refractivity contribution >= 4 is 5.91 Å². The number of fused-ring (bicyclic) bond motifs is 1. The highest BCUT2D eigenvalue weighted by molar-refractivity contribution is 5.83. The molecule has 1 saturated carbocycles. The average Bonchev–Trinajstić information content (AvgIpc) is 3.60. The van der Waals surface area contributed by atoms with Crippen LogP contribution in [0.1, 0.15) is 58.2 Å². The lowest BCUT2D eigenvalue weighted by molar-refractivity contribution is -0.122. The minimum atomic E-state index is -0.153. The Morgan fingerprint density at radius 1 is 1.10 bits per heavy atom. The third kappa shape index (κ3) is 6.65. The maximum atomic E-state index is 12.8. The number of carbonyl (C=O) groups excluding carboxylic acids is 1. The molecule has 1 aliphatic carbocycles. The van der Waals surface area contributed by atoms with Gasteiger partial charge >= 0.3 is 0 Å². The van der Waals surface area contributed by atoms with E-state index in [4.69, 9.17) is 5.21 Å². The van der Waals surface area contributed by atoms with E-state index < -0.39 is 0 Å². The molecule has 6 rings (SSSR count). The van der Waals surface area contributed by atoms with E-state index in [1.165, 1.54) is 33.4 Å². The summed E-state index contributed by atoms with van der Waals surface area (Å²) in [5.74, 6) is 0.613. The molecule has 1 amide bonds. The second kappa shape index (κ2) is 12.1. The number of hydroxylamine groups is 1. The SMILES string of the molecule is CC(C)(C)NO.O=C(NCc1ccc(-c2cccc(-n3ccnn3)c2)c2c1CNCC2)C1C[C@H]1c1ccccc1.[HH].[HH]. The molecule has 1 fully saturated rings. The van der Waals surface area contributed by atoms with E-state index in [-0.39, 0.29) is 20.2 Å². The molecule has 212 valence electrons. The van der Waals surface area contributed by atoms with E-state index >= 15 is 0 Å². The van der Waals surface area contributed by atoms with Crippen molar-refractivity contribution < 1.29 is 12.9 Å². The van der Waals surface area contributed by atoms with Gasteiger partial charge < -0.3 is 15.8 Å².